The molecule has 0 spiro atoms. The minimum absolute atomic E-state index is 0.226. The molecule has 0 atom stereocenters. The summed E-state index contributed by atoms with van der Waals surface area (Å²) >= 11 is 5.41. The first-order valence-electron chi connectivity index (χ1n) is 9.37. The number of hydrogen-bond donors (Lipinski definition) is 2. The Morgan fingerprint density at radius 3 is 2.68 bits per heavy atom. The summed E-state index contributed by atoms with van der Waals surface area (Å²) in [5.74, 6) is -0.273. The van der Waals surface area contributed by atoms with E-state index in [0.717, 1.165) is 22.9 Å². The van der Waals surface area contributed by atoms with E-state index in [1.54, 1.807) is 16.9 Å². The lowest BCUT2D eigenvalue weighted by Crippen LogP contribution is -2.50. The maximum Gasteiger partial charge on any atom is 0.340 e. The Kier molecular flexibility index (Phi) is 6.65. The maximum absolute atomic E-state index is 12.9. The number of nitrogens with one attached hydrogen (secondary N) is 2. The third-order valence-corrected chi connectivity index (χ3v) is 4.80. The zero-order valence-electron chi connectivity index (χ0n) is 15.8. The molecular weight excluding hydrogens is 376 g/mol. The van der Waals surface area contributed by atoms with Gasteiger partial charge in [-0.2, -0.15) is 0 Å². The zero-order valence-corrected chi connectivity index (χ0v) is 16.6. The molecular formula is C20H24N4O3S. The van der Waals surface area contributed by atoms with Gasteiger partial charge in [0.2, 0.25) is 0 Å². The summed E-state index contributed by atoms with van der Waals surface area (Å²) < 4.78 is 4.90. The van der Waals surface area contributed by atoms with E-state index in [-0.39, 0.29) is 18.4 Å². The highest BCUT2D eigenvalue weighted by Gasteiger charge is 2.29. The zero-order chi connectivity index (χ0) is 19.9. The van der Waals surface area contributed by atoms with Crippen LogP contribution in [0.4, 0.5) is 10.5 Å². The van der Waals surface area contributed by atoms with Gasteiger partial charge in [0.1, 0.15) is 0 Å². The lowest BCUT2D eigenvalue weighted by atomic mass is 10.1. The van der Waals surface area contributed by atoms with Gasteiger partial charge in [-0.3, -0.25) is 9.80 Å². The quantitative estimate of drug-likeness (QED) is 0.593. The number of carbonyl (C=O) groups is 2. The lowest BCUT2D eigenvalue weighted by molar-refractivity contribution is -0.142. The molecule has 0 radical (unpaired) electrons. The highest BCUT2D eigenvalue weighted by Crippen LogP contribution is 2.24. The number of ether oxygens (including phenoxy) is 1. The first-order chi connectivity index (χ1) is 13.6. The van der Waals surface area contributed by atoms with Gasteiger partial charge in [0.05, 0.1) is 18.7 Å². The molecule has 0 bridgehead atoms. The fraction of sp³-hybridized carbons (Fsp3) is 0.350. The first kappa shape index (κ1) is 19.9. The molecule has 148 valence electrons. The summed E-state index contributed by atoms with van der Waals surface area (Å²) in [6.45, 7) is 3.72. The molecule has 1 fully saturated rings. The van der Waals surface area contributed by atoms with Crippen molar-refractivity contribution < 1.29 is 14.3 Å². The molecule has 1 heterocycles. The number of rotatable bonds is 5. The van der Waals surface area contributed by atoms with Crippen molar-refractivity contribution in [3.05, 3.63) is 42.5 Å². The van der Waals surface area contributed by atoms with Gasteiger partial charge >= 0.3 is 12.0 Å². The summed E-state index contributed by atoms with van der Waals surface area (Å²) in [7, 11) is 0. The number of hydrazine groups is 1. The van der Waals surface area contributed by atoms with E-state index in [0.29, 0.717) is 31.4 Å². The number of benzene rings is 2. The molecule has 2 N–H and O–H groups in total. The number of fused-ring (bicyclic) bond motifs is 1. The van der Waals surface area contributed by atoms with Gasteiger partial charge in [-0.15, -0.1) is 0 Å². The summed E-state index contributed by atoms with van der Waals surface area (Å²) in [5.41, 5.74) is 0.760. The van der Waals surface area contributed by atoms with Crippen LogP contribution in [0.15, 0.2) is 42.5 Å². The van der Waals surface area contributed by atoms with Crippen LogP contribution in [-0.4, -0.2) is 53.4 Å². The molecule has 2 amide bonds. The summed E-state index contributed by atoms with van der Waals surface area (Å²) in [6, 6.07) is 13.5. The largest absolute Gasteiger partial charge is 0.466 e. The molecule has 7 nitrogen and oxygen atoms in total. The molecule has 2 aromatic carbocycles. The molecule has 0 unspecified atom stereocenters. The highest BCUT2D eigenvalue weighted by atomic mass is 32.1. The minimum atomic E-state index is -0.273. The predicted molar refractivity (Wildman–Crippen MR) is 113 cm³/mol. The predicted octanol–water partition coefficient (Wildman–Crippen LogP) is 3.12. The molecule has 1 aliphatic heterocycles. The topological polar surface area (TPSA) is 73.9 Å². The van der Waals surface area contributed by atoms with Crippen LogP contribution in [-0.2, 0) is 9.53 Å². The molecule has 1 aliphatic rings. The van der Waals surface area contributed by atoms with Crippen LogP contribution in [0, 0.1) is 0 Å². The molecule has 8 heteroatoms. The molecule has 0 aromatic heterocycles. The Morgan fingerprint density at radius 1 is 1.11 bits per heavy atom. The fourth-order valence-electron chi connectivity index (χ4n) is 3.14. The molecule has 28 heavy (non-hydrogen) atoms. The van der Waals surface area contributed by atoms with Gasteiger partial charge < -0.3 is 15.4 Å². The second-order valence-corrected chi connectivity index (χ2v) is 6.73. The Labute approximate surface area is 169 Å². The van der Waals surface area contributed by atoms with Gasteiger partial charge in [0, 0.05) is 25.0 Å². The average Bonchev–Trinajstić information content (AvgIpc) is 3.18. The number of hydrogen-bond acceptors (Lipinski definition) is 4. The third-order valence-electron chi connectivity index (χ3n) is 4.44. The lowest BCUT2D eigenvalue weighted by Gasteiger charge is -2.30. The van der Waals surface area contributed by atoms with Crippen LogP contribution in [0.5, 0.6) is 0 Å². The number of esters is 1. The van der Waals surface area contributed by atoms with E-state index in [1.165, 1.54) is 0 Å². The van der Waals surface area contributed by atoms with E-state index in [4.69, 9.17) is 17.0 Å². The van der Waals surface area contributed by atoms with Gasteiger partial charge in [0.25, 0.3) is 0 Å². The van der Waals surface area contributed by atoms with Crippen LogP contribution in [0.2, 0.25) is 0 Å². The number of urea groups is 1. The maximum atomic E-state index is 12.9. The van der Waals surface area contributed by atoms with Gasteiger partial charge in [0.15, 0.2) is 5.11 Å². The van der Waals surface area contributed by atoms with Gasteiger partial charge in [-0.05, 0) is 37.0 Å². The second kappa shape index (κ2) is 9.36. The number of carbonyl (C=O) groups excluding carboxylic acids is 2. The van der Waals surface area contributed by atoms with Gasteiger partial charge in [-0.1, -0.05) is 36.4 Å². The van der Waals surface area contributed by atoms with Crippen molar-refractivity contribution in [3.8, 4) is 0 Å². The van der Waals surface area contributed by atoms with Crippen molar-refractivity contribution >= 4 is 45.8 Å². The number of thiocarbonyl (C=S) groups is 1. The second-order valence-electron chi connectivity index (χ2n) is 6.34. The SMILES string of the molecule is CCOC(=O)CCNC(=S)N1CCCN1C(=O)Nc1cccc2ccccc12. The monoisotopic (exact) mass is 400 g/mol. The fourth-order valence-corrected chi connectivity index (χ4v) is 3.44. The highest BCUT2D eigenvalue weighted by molar-refractivity contribution is 7.80. The first-order valence-corrected chi connectivity index (χ1v) is 9.78. The number of nitrogens with zero attached hydrogens (tertiary/aromatic N) is 2. The Bertz CT molecular complexity index is 868. The van der Waals surface area contributed by atoms with Crippen molar-refractivity contribution in [2.45, 2.75) is 19.8 Å². The molecule has 2 aromatic rings. The van der Waals surface area contributed by atoms with Crippen molar-refractivity contribution in [2.24, 2.45) is 0 Å². The van der Waals surface area contributed by atoms with E-state index in [2.05, 4.69) is 10.6 Å². The molecule has 0 aliphatic carbocycles. The van der Waals surface area contributed by atoms with Crippen molar-refractivity contribution in [1.29, 1.82) is 0 Å². The summed E-state index contributed by atoms with van der Waals surface area (Å²) in [5, 5.41) is 11.8. The summed E-state index contributed by atoms with van der Waals surface area (Å²) in [4.78, 5) is 24.3. The average molecular weight is 401 g/mol. The van der Waals surface area contributed by atoms with E-state index >= 15 is 0 Å². The van der Waals surface area contributed by atoms with Crippen LogP contribution < -0.4 is 10.6 Å². The smallest absolute Gasteiger partial charge is 0.340 e. The van der Waals surface area contributed by atoms with Crippen LogP contribution in [0.25, 0.3) is 10.8 Å². The van der Waals surface area contributed by atoms with E-state index in [9.17, 15) is 9.59 Å². The molecule has 3 rings (SSSR count). The van der Waals surface area contributed by atoms with Crippen LogP contribution in [0.1, 0.15) is 19.8 Å². The molecule has 0 saturated carbocycles. The van der Waals surface area contributed by atoms with E-state index in [1.807, 2.05) is 42.5 Å². The molecule has 1 saturated heterocycles. The number of anilines is 1. The van der Waals surface area contributed by atoms with Crippen molar-refractivity contribution in [1.82, 2.24) is 15.3 Å². The van der Waals surface area contributed by atoms with Crippen LogP contribution in [0.3, 0.4) is 0 Å². The third kappa shape index (κ3) is 4.69. The normalized spacial score (nSPS) is 13.5. The Morgan fingerprint density at radius 2 is 1.86 bits per heavy atom. The van der Waals surface area contributed by atoms with Crippen molar-refractivity contribution in [2.75, 3.05) is 31.6 Å². The Balaban J connectivity index is 1.61. The van der Waals surface area contributed by atoms with E-state index < -0.39 is 0 Å². The minimum Gasteiger partial charge on any atom is -0.466 e. The van der Waals surface area contributed by atoms with Crippen LogP contribution >= 0.6 is 12.2 Å². The standard InChI is InChI=1S/C20H24N4O3S/c1-2-27-18(25)11-12-21-20(28)24-14-6-13-23(24)19(26)22-17-10-5-8-15-7-3-4-9-16(15)17/h3-5,7-10H,2,6,11-14H2,1H3,(H,21,28)(H,22,26). The summed E-state index contributed by atoms with van der Waals surface area (Å²) in [6.07, 6.45) is 1.05. The Hall–Kier alpha value is -2.87. The number of amides is 2. The van der Waals surface area contributed by atoms with Crippen molar-refractivity contribution in [3.63, 3.8) is 0 Å². The van der Waals surface area contributed by atoms with Gasteiger partial charge in [-0.25, -0.2) is 9.80 Å².